The summed E-state index contributed by atoms with van der Waals surface area (Å²) in [5.41, 5.74) is 0. The molecule has 0 aromatic rings. The zero-order valence-electron chi connectivity index (χ0n) is 65.7. The molecule has 0 spiro atoms. The van der Waals surface area contributed by atoms with E-state index in [1.165, 1.54) is 231 Å². The van der Waals surface area contributed by atoms with Gasteiger partial charge in [0.05, 0.1) is 26.4 Å². The number of aliphatic hydroxyl groups excluding tert-OH is 1. The van der Waals surface area contributed by atoms with Gasteiger partial charge in [-0.05, 0) is 43.4 Å². The first-order chi connectivity index (χ1) is 48.3. The van der Waals surface area contributed by atoms with Gasteiger partial charge in [0, 0.05) is 25.7 Å². The van der Waals surface area contributed by atoms with Crippen LogP contribution in [0.5, 0.6) is 0 Å². The summed E-state index contributed by atoms with van der Waals surface area (Å²) in [6.45, 7) is 12.0. The van der Waals surface area contributed by atoms with Gasteiger partial charge in [0.2, 0.25) is 0 Å². The smallest absolute Gasteiger partial charge is 0.462 e. The van der Waals surface area contributed by atoms with Crippen LogP contribution < -0.4 is 0 Å². The van der Waals surface area contributed by atoms with E-state index >= 15 is 0 Å². The van der Waals surface area contributed by atoms with Crippen LogP contribution in [0.25, 0.3) is 0 Å². The zero-order valence-corrected chi connectivity index (χ0v) is 67.5. The highest BCUT2D eigenvalue weighted by Crippen LogP contribution is 2.45. The lowest BCUT2D eigenvalue weighted by Crippen LogP contribution is -2.30. The van der Waals surface area contributed by atoms with Gasteiger partial charge in [0.15, 0.2) is 12.2 Å². The van der Waals surface area contributed by atoms with Gasteiger partial charge in [0.1, 0.15) is 19.3 Å². The Kier molecular flexibility index (Phi) is 69.9. The molecule has 0 aliphatic heterocycles. The lowest BCUT2D eigenvalue weighted by atomic mass is 9.99. The van der Waals surface area contributed by atoms with Crippen LogP contribution >= 0.6 is 15.6 Å². The van der Waals surface area contributed by atoms with Crippen molar-refractivity contribution in [1.29, 1.82) is 0 Å². The molecule has 3 N–H and O–H groups in total. The van der Waals surface area contributed by atoms with Crippen molar-refractivity contribution >= 4 is 39.5 Å². The zero-order chi connectivity index (χ0) is 73.7. The topological polar surface area (TPSA) is 237 Å². The monoisotopic (exact) mass is 1470 g/mol. The highest BCUT2D eigenvalue weighted by molar-refractivity contribution is 7.47. The number of carbonyl (C=O) groups is 4. The predicted molar refractivity (Wildman–Crippen MR) is 409 cm³/mol. The Hall–Kier alpha value is -1.94. The standard InChI is InChI=1S/C81H158O17P2/c1-8-11-12-13-14-15-16-17-22-26-29-32-41-48-55-62-78(83)91-68-76(97-80(85)64-57-50-43-33-30-27-24-21-19-18-20-23-25-28-31-39-46-53-60-73(6)9-2)70-95-99(87,88)93-66-75(82)67-94-100(89,90)96-71-77(69-92-79(84)63-56-49-42-36-34-38-45-52-59-72(4)5)98-81(86)65-58-51-44-37-35-40-47-54-61-74(7)10-3/h72-77,82H,8-71H2,1-7H3,(H,87,88)(H,89,90)/t73?,74?,75-,76-,77-/m1/s1. The SMILES string of the molecule is CCCCCCCCCCCCCCCCCC(=O)OC[C@H](COP(=O)(O)OC[C@@H](O)COP(=O)(O)OC[C@@H](COC(=O)CCCCCCCCCCC(C)C)OC(=O)CCCCCCCCCCC(C)CC)OC(=O)CCCCCCCCCCCCCCCCCCCCC(C)CC. The number of rotatable bonds is 79. The first-order valence-corrected chi connectivity index (χ1v) is 44.9. The second-order valence-electron chi connectivity index (χ2n) is 30.1. The Morgan fingerprint density at radius 1 is 0.290 bits per heavy atom. The van der Waals surface area contributed by atoms with Gasteiger partial charge in [-0.25, -0.2) is 9.13 Å². The summed E-state index contributed by atoms with van der Waals surface area (Å²) in [5.74, 6) is 0.254. The minimum Gasteiger partial charge on any atom is -0.462 e. The Labute approximate surface area is 613 Å². The molecule has 594 valence electrons. The van der Waals surface area contributed by atoms with E-state index in [-0.39, 0.29) is 25.7 Å². The molecule has 0 aromatic carbocycles. The fourth-order valence-corrected chi connectivity index (χ4v) is 14.0. The molecule has 17 nitrogen and oxygen atoms in total. The van der Waals surface area contributed by atoms with Crippen molar-refractivity contribution in [3.63, 3.8) is 0 Å². The molecule has 4 unspecified atom stereocenters. The third-order valence-corrected chi connectivity index (χ3v) is 21.5. The second-order valence-corrected chi connectivity index (χ2v) is 33.0. The van der Waals surface area contributed by atoms with Crippen molar-refractivity contribution < 1.29 is 80.2 Å². The van der Waals surface area contributed by atoms with E-state index in [2.05, 4.69) is 48.5 Å². The van der Waals surface area contributed by atoms with Gasteiger partial charge >= 0.3 is 39.5 Å². The maximum Gasteiger partial charge on any atom is 0.472 e. The molecule has 0 saturated heterocycles. The van der Waals surface area contributed by atoms with Gasteiger partial charge in [0.25, 0.3) is 0 Å². The largest absolute Gasteiger partial charge is 0.472 e. The Bertz CT molecular complexity index is 1940. The molecule has 0 radical (unpaired) electrons. The van der Waals surface area contributed by atoms with Crippen LogP contribution in [0.15, 0.2) is 0 Å². The fourth-order valence-electron chi connectivity index (χ4n) is 12.4. The summed E-state index contributed by atoms with van der Waals surface area (Å²) in [4.78, 5) is 73.0. The van der Waals surface area contributed by atoms with E-state index in [1.54, 1.807) is 0 Å². The summed E-state index contributed by atoms with van der Waals surface area (Å²) >= 11 is 0. The van der Waals surface area contributed by atoms with Crippen molar-refractivity contribution in [1.82, 2.24) is 0 Å². The molecule has 0 aliphatic carbocycles. The van der Waals surface area contributed by atoms with Crippen LogP contribution in [0, 0.1) is 17.8 Å². The molecule has 0 bridgehead atoms. The van der Waals surface area contributed by atoms with E-state index < -0.39 is 97.5 Å². The number of hydrogen-bond acceptors (Lipinski definition) is 15. The number of esters is 4. The van der Waals surface area contributed by atoms with Crippen LogP contribution in [0.1, 0.15) is 421 Å². The maximum atomic E-state index is 13.1. The lowest BCUT2D eigenvalue weighted by molar-refractivity contribution is -0.161. The number of ether oxygens (including phenoxy) is 4. The predicted octanol–water partition coefficient (Wildman–Crippen LogP) is 24.1. The van der Waals surface area contributed by atoms with Gasteiger partial charge < -0.3 is 33.8 Å². The number of phosphoric ester groups is 2. The molecule has 0 amide bonds. The maximum absolute atomic E-state index is 13.1. The normalized spacial score (nSPS) is 14.5. The fraction of sp³-hybridized carbons (Fsp3) is 0.951. The molecule has 0 aromatic heterocycles. The van der Waals surface area contributed by atoms with Crippen molar-refractivity contribution in [2.75, 3.05) is 39.6 Å². The summed E-state index contributed by atoms with van der Waals surface area (Å²) in [6, 6.07) is 0. The summed E-state index contributed by atoms with van der Waals surface area (Å²) in [6.07, 6.45) is 59.7. The van der Waals surface area contributed by atoms with Gasteiger partial charge in [-0.2, -0.15) is 0 Å². The van der Waals surface area contributed by atoms with Crippen molar-refractivity contribution in [3.8, 4) is 0 Å². The molecule has 0 rings (SSSR count). The Balaban J connectivity index is 5.22. The van der Waals surface area contributed by atoms with Gasteiger partial charge in [-0.3, -0.25) is 37.3 Å². The average molecular weight is 1470 g/mol. The van der Waals surface area contributed by atoms with Gasteiger partial charge in [-0.1, -0.05) is 370 Å². The second kappa shape index (κ2) is 71.3. The molecule has 0 fully saturated rings. The van der Waals surface area contributed by atoms with Crippen LogP contribution in [-0.4, -0.2) is 96.7 Å². The van der Waals surface area contributed by atoms with Crippen LogP contribution in [0.3, 0.4) is 0 Å². The number of carbonyl (C=O) groups excluding carboxylic acids is 4. The lowest BCUT2D eigenvalue weighted by Gasteiger charge is -2.21. The van der Waals surface area contributed by atoms with Crippen molar-refractivity contribution in [2.45, 2.75) is 439 Å². The number of unbranched alkanes of at least 4 members (excludes halogenated alkanes) is 45. The Morgan fingerprint density at radius 3 is 0.760 bits per heavy atom. The van der Waals surface area contributed by atoms with Crippen molar-refractivity contribution in [3.05, 3.63) is 0 Å². The van der Waals surface area contributed by atoms with E-state index in [0.29, 0.717) is 25.7 Å². The first-order valence-electron chi connectivity index (χ1n) is 41.9. The van der Waals surface area contributed by atoms with E-state index in [1.807, 2.05) is 0 Å². The van der Waals surface area contributed by atoms with Crippen LogP contribution in [0.4, 0.5) is 0 Å². The molecular weight excluding hydrogens is 1310 g/mol. The van der Waals surface area contributed by atoms with Gasteiger partial charge in [-0.15, -0.1) is 0 Å². The number of aliphatic hydroxyl groups is 1. The molecule has 0 heterocycles. The molecule has 0 aliphatic rings. The van der Waals surface area contributed by atoms with E-state index in [9.17, 15) is 43.2 Å². The Morgan fingerprint density at radius 2 is 0.510 bits per heavy atom. The van der Waals surface area contributed by atoms with E-state index in [0.717, 1.165) is 108 Å². The molecule has 7 atom stereocenters. The summed E-state index contributed by atoms with van der Waals surface area (Å²) in [5, 5.41) is 10.6. The minimum absolute atomic E-state index is 0.105. The first kappa shape index (κ1) is 98.1. The molecule has 100 heavy (non-hydrogen) atoms. The highest BCUT2D eigenvalue weighted by atomic mass is 31.2. The van der Waals surface area contributed by atoms with Crippen molar-refractivity contribution in [2.24, 2.45) is 17.8 Å². The quantitative estimate of drug-likeness (QED) is 0.0222. The van der Waals surface area contributed by atoms with E-state index in [4.69, 9.17) is 37.0 Å². The molecule has 19 heteroatoms. The number of hydrogen-bond donors (Lipinski definition) is 3. The summed E-state index contributed by atoms with van der Waals surface area (Å²) < 4.78 is 68.7. The highest BCUT2D eigenvalue weighted by Gasteiger charge is 2.30. The van der Waals surface area contributed by atoms with Crippen LogP contribution in [0.2, 0.25) is 0 Å². The average Bonchev–Trinajstić information content (AvgIpc) is 0.929. The van der Waals surface area contributed by atoms with Crippen LogP contribution in [-0.2, 0) is 65.4 Å². The molecular formula is C81H158O17P2. The molecule has 0 saturated carbocycles. The third kappa shape index (κ3) is 71.7. The number of phosphoric acid groups is 2. The summed E-state index contributed by atoms with van der Waals surface area (Å²) in [7, 11) is -9.92. The minimum atomic E-state index is -4.96. The third-order valence-electron chi connectivity index (χ3n) is 19.6.